The predicted octanol–water partition coefficient (Wildman–Crippen LogP) is 3.81. The van der Waals surface area contributed by atoms with Crippen molar-refractivity contribution in [1.82, 2.24) is 0 Å². The van der Waals surface area contributed by atoms with Crippen molar-refractivity contribution in [3.63, 3.8) is 0 Å². The van der Waals surface area contributed by atoms with Crippen molar-refractivity contribution in [2.75, 3.05) is 7.11 Å². The van der Waals surface area contributed by atoms with E-state index >= 15 is 0 Å². The first kappa shape index (κ1) is 18.0. The summed E-state index contributed by atoms with van der Waals surface area (Å²) in [6, 6.07) is 10.9. The molecule has 0 radical (unpaired) electrons. The van der Waals surface area contributed by atoms with Crippen LogP contribution < -0.4 is 4.74 Å². The van der Waals surface area contributed by atoms with Gasteiger partial charge in [-0.15, -0.1) is 0 Å². The number of nitriles is 1. The molecule has 0 aliphatic carbocycles. The van der Waals surface area contributed by atoms with E-state index in [1.165, 1.54) is 37.5 Å². The lowest BCUT2D eigenvalue weighted by atomic mass is 10.2. The second-order valence-corrected chi connectivity index (χ2v) is 7.76. The lowest BCUT2D eigenvalue weighted by Gasteiger charge is -2.08. The molecule has 1 N–H and O–H groups in total. The van der Waals surface area contributed by atoms with Crippen molar-refractivity contribution in [3.05, 3.63) is 56.9 Å². The molecule has 0 saturated heterocycles. The molecule has 0 saturated carbocycles. The van der Waals surface area contributed by atoms with Crippen molar-refractivity contribution in [2.24, 2.45) is 0 Å². The molecule has 0 heterocycles. The second-order valence-electron chi connectivity index (χ2n) is 4.99. The molecule has 2 aromatic carbocycles. The molecule has 24 heavy (non-hydrogen) atoms. The summed E-state index contributed by atoms with van der Waals surface area (Å²) in [5.41, 5.74) is 1.33. The number of sulfone groups is 1. The Morgan fingerprint density at radius 1 is 1.29 bits per heavy atom. The number of allylic oxidation sites excluding steroid dienone is 1. The molecular weight excluding hydrogens is 394 g/mol. The predicted molar refractivity (Wildman–Crippen MR) is 94.3 cm³/mol. The van der Waals surface area contributed by atoms with Crippen LogP contribution in [0.25, 0.3) is 6.08 Å². The number of aromatic hydroxyl groups is 1. The zero-order valence-corrected chi connectivity index (χ0v) is 15.3. The number of halogens is 1. The molecule has 0 amide bonds. The maximum Gasteiger partial charge on any atom is 0.216 e. The van der Waals surface area contributed by atoms with E-state index in [0.717, 1.165) is 5.56 Å². The van der Waals surface area contributed by atoms with E-state index in [2.05, 4.69) is 15.9 Å². The largest absolute Gasteiger partial charge is 0.503 e. The van der Waals surface area contributed by atoms with Gasteiger partial charge in [0, 0.05) is 0 Å². The number of benzene rings is 2. The van der Waals surface area contributed by atoms with Crippen LogP contribution in [0.2, 0.25) is 0 Å². The first-order chi connectivity index (χ1) is 11.3. The van der Waals surface area contributed by atoms with Gasteiger partial charge in [0.1, 0.15) is 11.0 Å². The van der Waals surface area contributed by atoms with E-state index in [0.29, 0.717) is 10.0 Å². The molecule has 7 heteroatoms. The highest BCUT2D eigenvalue weighted by atomic mass is 79.9. The van der Waals surface area contributed by atoms with Crippen LogP contribution >= 0.6 is 15.9 Å². The molecule has 5 nitrogen and oxygen atoms in total. The van der Waals surface area contributed by atoms with Gasteiger partial charge >= 0.3 is 0 Å². The van der Waals surface area contributed by atoms with Gasteiger partial charge in [0.25, 0.3) is 0 Å². The standard InChI is InChI=1S/C17H14BrNO4S/c1-11-3-5-13(6-4-11)24(21,22)14(10-19)7-12-8-15(18)17(20)16(9-12)23-2/h3-9,20H,1-2H3. The van der Waals surface area contributed by atoms with E-state index < -0.39 is 14.7 Å². The zero-order chi connectivity index (χ0) is 17.9. The number of hydrogen-bond donors (Lipinski definition) is 1. The molecule has 0 spiro atoms. The summed E-state index contributed by atoms with van der Waals surface area (Å²) in [5, 5.41) is 19.1. The molecule has 0 unspecified atom stereocenters. The van der Waals surface area contributed by atoms with E-state index in [1.807, 2.05) is 6.92 Å². The average molecular weight is 408 g/mol. The molecule has 0 atom stereocenters. The Balaban J connectivity index is 2.56. The number of nitrogens with zero attached hydrogens (tertiary/aromatic N) is 1. The molecule has 0 bridgehead atoms. The van der Waals surface area contributed by atoms with Crippen LogP contribution in [0.4, 0.5) is 0 Å². The van der Waals surface area contributed by atoms with Crippen molar-refractivity contribution in [2.45, 2.75) is 11.8 Å². The molecule has 2 rings (SSSR count). The van der Waals surface area contributed by atoms with E-state index in [4.69, 9.17) is 4.74 Å². The summed E-state index contributed by atoms with van der Waals surface area (Å²) >= 11 is 3.16. The van der Waals surface area contributed by atoms with Crippen LogP contribution in [0.3, 0.4) is 0 Å². The van der Waals surface area contributed by atoms with Crippen LogP contribution in [0, 0.1) is 18.3 Å². The maximum absolute atomic E-state index is 12.6. The fourth-order valence-corrected chi connectivity index (χ4v) is 3.62. The van der Waals surface area contributed by atoms with Gasteiger partial charge in [0.05, 0.1) is 16.5 Å². The van der Waals surface area contributed by atoms with Crippen molar-refractivity contribution < 1.29 is 18.3 Å². The summed E-state index contributed by atoms with van der Waals surface area (Å²) in [4.78, 5) is -0.350. The van der Waals surface area contributed by atoms with Crippen molar-refractivity contribution >= 4 is 31.8 Å². The Morgan fingerprint density at radius 3 is 2.46 bits per heavy atom. The van der Waals surface area contributed by atoms with Gasteiger partial charge in [0.2, 0.25) is 9.84 Å². The molecule has 2 aromatic rings. The topological polar surface area (TPSA) is 87.4 Å². The smallest absolute Gasteiger partial charge is 0.216 e. The third-order valence-electron chi connectivity index (χ3n) is 3.30. The molecule has 124 valence electrons. The van der Waals surface area contributed by atoms with E-state index in [-0.39, 0.29) is 16.4 Å². The SMILES string of the molecule is COc1cc(C=C(C#N)S(=O)(=O)c2ccc(C)cc2)cc(Br)c1O. The summed E-state index contributed by atoms with van der Waals surface area (Å²) in [7, 11) is -2.55. The molecule has 0 aromatic heterocycles. The summed E-state index contributed by atoms with van der Waals surface area (Å²) in [6.07, 6.45) is 1.24. The van der Waals surface area contributed by atoms with Gasteiger partial charge in [0.15, 0.2) is 11.5 Å². The Kier molecular flexibility index (Phi) is 5.32. The Bertz CT molecular complexity index is 942. The second kappa shape index (κ2) is 7.07. The number of phenols is 1. The van der Waals surface area contributed by atoms with E-state index in [1.54, 1.807) is 18.2 Å². The highest BCUT2D eigenvalue weighted by Crippen LogP contribution is 2.36. The number of ether oxygens (including phenoxy) is 1. The van der Waals surface area contributed by atoms with Gasteiger partial charge in [-0.3, -0.25) is 0 Å². The summed E-state index contributed by atoms with van der Waals surface area (Å²) in [6.45, 7) is 1.84. The van der Waals surface area contributed by atoms with E-state index in [9.17, 15) is 18.8 Å². The molecule has 0 aliphatic heterocycles. The minimum Gasteiger partial charge on any atom is -0.503 e. The van der Waals surface area contributed by atoms with Crippen LogP contribution in [0.1, 0.15) is 11.1 Å². The van der Waals surface area contributed by atoms with Gasteiger partial charge < -0.3 is 9.84 Å². The number of hydrogen-bond acceptors (Lipinski definition) is 5. The average Bonchev–Trinajstić information content (AvgIpc) is 2.55. The number of aryl methyl sites for hydroxylation is 1. The van der Waals surface area contributed by atoms with Gasteiger partial charge in [-0.25, -0.2) is 8.42 Å². The highest BCUT2D eigenvalue weighted by molar-refractivity contribution is 9.10. The highest BCUT2D eigenvalue weighted by Gasteiger charge is 2.21. The Labute approximate surface area is 148 Å². The third kappa shape index (κ3) is 3.61. The molecule has 0 fully saturated rings. The molecule has 0 aliphatic rings. The fraction of sp³-hybridized carbons (Fsp3) is 0.118. The maximum atomic E-state index is 12.6. The molecular formula is C17H14BrNO4S. The minimum atomic E-state index is -3.93. The van der Waals surface area contributed by atoms with Gasteiger partial charge in [-0.2, -0.15) is 5.26 Å². The zero-order valence-electron chi connectivity index (χ0n) is 12.9. The Hall–Kier alpha value is -2.30. The van der Waals surface area contributed by atoms with Crippen molar-refractivity contribution in [3.8, 4) is 17.6 Å². The first-order valence-electron chi connectivity index (χ1n) is 6.79. The van der Waals surface area contributed by atoms with Crippen LogP contribution in [-0.2, 0) is 9.84 Å². The Morgan fingerprint density at radius 2 is 1.92 bits per heavy atom. The van der Waals surface area contributed by atoms with Crippen molar-refractivity contribution in [1.29, 1.82) is 5.26 Å². The first-order valence-corrected chi connectivity index (χ1v) is 9.07. The normalized spacial score (nSPS) is 11.8. The number of phenolic OH excluding ortho intramolecular Hbond substituents is 1. The quantitative estimate of drug-likeness (QED) is 0.778. The lowest BCUT2D eigenvalue weighted by Crippen LogP contribution is -2.03. The van der Waals surface area contributed by atoms with Gasteiger partial charge in [-0.1, -0.05) is 17.7 Å². The fourth-order valence-electron chi connectivity index (χ4n) is 2.00. The van der Waals surface area contributed by atoms with Crippen LogP contribution in [0.15, 0.2) is 50.7 Å². The van der Waals surface area contributed by atoms with Crippen LogP contribution in [-0.4, -0.2) is 20.6 Å². The minimum absolute atomic E-state index is 0.0470. The van der Waals surface area contributed by atoms with Gasteiger partial charge in [-0.05, 0) is 58.8 Å². The number of methoxy groups -OCH3 is 1. The van der Waals surface area contributed by atoms with Crippen LogP contribution in [0.5, 0.6) is 11.5 Å². The summed E-state index contributed by atoms with van der Waals surface area (Å²) < 4.78 is 30.6. The summed E-state index contributed by atoms with van der Waals surface area (Å²) in [5.74, 6) is 0.0650. The third-order valence-corrected chi connectivity index (χ3v) is 5.58. The monoisotopic (exact) mass is 407 g/mol. The number of rotatable bonds is 4. The lowest BCUT2D eigenvalue weighted by molar-refractivity contribution is 0.372.